The maximum absolute atomic E-state index is 11.8. The first-order valence-corrected chi connectivity index (χ1v) is 2.69. The second-order valence-corrected chi connectivity index (χ2v) is 1.76. The van der Waals surface area contributed by atoms with Gasteiger partial charge in [0.05, 0.1) is 0 Å². The van der Waals surface area contributed by atoms with Gasteiger partial charge in [0, 0.05) is 0 Å². The number of hydrogen-bond acceptors (Lipinski definition) is 2. The van der Waals surface area contributed by atoms with Crippen molar-refractivity contribution < 1.29 is 26.7 Å². The van der Waals surface area contributed by atoms with E-state index in [1.807, 2.05) is 0 Å². The Morgan fingerprint density at radius 1 is 1.36 bits per heavy atom. The van der Waals surface area contributed by atoms with E-state index in [0.29, 0.717) is 0 Å². The Bertz CT molecular complexity index is 158. The first kappa shape index (κ1) is 10.5. The minimum atomic E-state index is -5.04. The molecule has 66 valence electrons. The van der Waals surface area contributed by atoms with Crippen molar-refractivity contribution in [2.75, 3.05) is 6.86 Å². The molecule has 0 aliphatic carbocycles. The number of hydrogen-bond donors (Lipinski definition) is 1. The maximum atomic E-state index is 11.8. The monoisotopic (exact) mass is 194 g/mol. The Hall–Kier alpha value is -0.460. The molecule has 11 heavy (non-hydrogen) atoms. The van der Waals surface area contributed by atoms with E-state index in [-0.39, 0.29) is 0 Å². The topological polar surface area (TPSA) is 9.23 Å². The lowest BCUT2D eigenvalue weighted by Gasteiger charge is -2.09. The molecule has 0 atom stereocenters. The van der Waals surface area contributed by atoms with Crippen LogP contribution in [0.15, 0.2) is 10.9 Å². The van der Waals surface area contributed by atoms with Crippen molar-refractivity contribution in [3.63, 3.8) is 0 Å². The third kappa shape index (κ3) is 3.45. The Balaban J connectivity index is 4.50. The van der Waals surface area contributed by atoms with E-state index in [1.165, 1.54) is 0 Å². The zero-order valence-electron chi connectivity index (χ0n) is 4.95. The van der Waals surface area contributed by atoms with Crippen LogP contribution in [0.1, 0.15) is 0 Å². The average Bonchev–Trinajstić information content (AvgIpc) is 1.79. The molecule has 0 radical (unpaired) electrons. The van der Waals surface area contributed by atoms with Gasteiger partial charge in [0.2, 0.25) is 17.8 Å². The van der Waals surface area contributed by atoms with E-state index in [1.54, 1.807) is 0 Å². The quantitative estimate of drug-likeness (QED) is 0.403. The SMILES string of the molecule is FCO/C(=C(/F)S)C(F)(F)F. The third-order valence-electron chi connectivity index (χ3n) is 0.644. The molecule has 0 N–H and O–H groups in total. The number of thiol groups is 1. The summed E-state index contributed by atoms with van der Waals surface area (Å²) in [6.07, 6.45) is -5.04. The highest BCUT2D eigenvalue weighted by Gasteiger charge is 2.38. The number of rotatable bonds is 2. The average molecular weight is 194 g/mol. The van der Waals surface area contributed by atoms with E-state index in [9.17, 15) is 22.0 Å². The van der Waals surface area contributed by atoms with Crippen LogP contribution < -0.4 is 0 Å². The minimum absolute atomic E-state index is 1.75. The van der Waals surface area contributed by atoms with Crippen molar-refractivity contribution in [2.45, 2.75) is 6.18 Å². The highest BCUT2D eigenvalue weighted by atomic mass is 32.1. The Morgan fingerprint density at radius 3 is 1.91 bits per heavy atom. The van der Waals surface area contributed by atoms with Crippen LogP contribution in [0.3, 0.4) is 0 Å². The van der Waals surface area contributed by atoms with Crippen LogP contribution in [0.25, 0.3) is 0 Å². The van der Waals surface area contributed by atoms with Gasteiger partial charge in [-0.15, -0.1) is 12.6 Å². The lowest BCUT2D eigenvalue weighted by Crippen LogP contribution is -2.15. The summed E-state index contributed by atoms with van der Waals surface area (Å²) in [5.41, 5.74) is 0. The molecule has 0 rings (SSSR count). The van der Waals surface area contributed by atoms with Crippen LogP contribution in [0.2, 0.25) is 0 Å². The zero-order valence-corrected chi connectivity index (χ0v) is 5.85. The van der Waals surface area contributed by atoms with Crippen molar-refractivity contribution in [1.82, 2.24) is 0 Å². The van der Waals surface area contributed by atoms with Crippen LogP contribution in [0, 0.1) is 0 Å². The van der Waals surface area contributed by atoms with E-state index >= 15 is 0 Å². The standard InChI is InChI=1S/C4H3F5OS/c5-1-10-2(3(6)11)4(7,8)9/h11H,1H2/b3-2-. The first-order valence-electron chi connectivity index (χ1n) is 2.24. The predicted molar refractivity (Wildman–Crippen MR) is 30.2 cm³/mol. The summed E-state index contributed by atoms with van der Waals surface area (Å²) in [6.45, 7) is -1.75. The summed E-state index contributed by atoms with van der Waals surface area (Å²) in [6, 6.07) is 0. The molecular weight excluding hydrogens is 191 g/mol. The van der Waals surface area contributed by atoms with Crippen LogP contribution in [-0.2, 0) is 4.74 Å². The predicted octanol–water partition coefficient (Wildman–Crippen LogP) is 2.56. The van der Waals surface area contributed by atoms with Gasteiger partial charge in [0.1, 0.15) is 0 Å². The molecule has 0 aromatic carbocycles. The Morgan fingerprint density at radius 2 is 1.82 bits per heavy atom. The molecule has 0 aliphatic heterocycles. The lowest BCUT2D eigenvalue weighted by molar-refractivity contribution is -0.139. The van der Waals surface area contributed by atoms with Gasteiger partial charge in [-0.1, -0.05) is 0 Å². The van der Waals surface area contributed by atoms with E-state index < -0.39 is 24.0 Å². The number of halogens is 5. The Labute approximate surface area is 64.2 Å². The van der Waals surface area contributed by atoms with Gasteiger partial charge in [-0.05, 0) is 0 Å². The molecule has 0 unspecified atom stereocenters. The maximum Gasteiger partial charge on any atom is 0.452 e. The molecule has 7 heteroatoms. The molecular formula is C4H3F5OS. The summed E-state index contributed by atoms with van der Waals surface area (Å²) in [5.74, 6) is -2.05. The van der Waals surface area contributed by atoms with Gasteiger partial charge >= 0.3 is 6.18 Å². The van der Waals surface area contributed by atoms with Crippen molar-refractivity contribution in [2.24, 2.45) is 0 Å². The molecule has 0 aromatic rings. The minimum Gasteiger partial charge on any atom is -0.455 e. The van der Waals surface area contributed by atoms with Crippen molar-refractivity contribution >= 4 is 12.6 Å². The molecule has 0 bridgehead atoms. The molecule has 0 spiro atoms. The fraction of sp³-hybridized carbons (Fsp3) is 0.500. The van der Waals surface area contributed by atoms with Gasteiger partial charge in [0.25, 0.3) is 0 Å². The summed E-state index contributed by atoms with van der Waals surface area (Å²) in [4.78, 5) is 0. The van der Waals surface area contributed by atoms with Crippen molar-refractivity contribution in [3.05, 3.63) is 10.9 Å². The number of allylic oxidation sites excluding steroid dienone is 1. The molecule has 0 fully saturated rings. The molecule has 0 saturated heterocycles. The highest BCUT2D eigenvalue weighted by Crippen LogP contribution is 2.30. The molecule has 0 amide bonds. The summed E-state index contributed by atoms with van der Waals surface area (Å²) < 4.78 is 60.8. The second kappa shape index (κ2) is 3.80. The molecule has 0 heterocycles. The lowest BCUT2D eigenvalue weighted by atomic mass is 10.5. The van der Waals surface area contributed by atoms with Crippen molar-refractivity contribution in [1.29, 1.82) is 0 Å². The fourth-order valence-electron chi connectivity index (χ4n) is 0.313. The van der Waals surface area contributed by atoms with Gasteiger partial charge in [-0.3, -0.25) is 0 Å². The molecule has 0 saturated carbocycles. The highest BCUT2D eigenvalue weighted by molar-refractivity contribution is 7.84. The molecule has 1 nitrogen and oxygen atoms in total. The van der Waals surface area contributed by atoms with Gasteiger partial charge in [-0.2, -0.15) is 17.6 Å². The number of alkyl halides is 4. The molecule has 0 aliphatic rings. The second-order valence-electron chi connectivity index (χ2n) is 1.37. The molecule has 0 aromatic heterocycles. The first-order chi connectivity index (χ1) is 4.89. The third-order valence-corrected chi connectivity index (χ3v) is 0.847. The van der Waals surface area contributed by atoms with E-state index in [2.05, 4.69) is 17.4 Å². The zero-order chi connectivity index (χ0) is 9.07. The van der Waals surface area contributed by atoms with Gasteiger partial charge < -0.3 is 4.74 Å². The van der Waals surface area contributed by atoms with Gasteiger partial charge in [-0.25, -0.2) is 4.39 Å². The largest absolute Gasteiger partial charge is 0.455 e. The smallest absolute Gasteiger partial charge is 0.452 e. The van der Waals surface area contributed by atoms with Gasteiger partial charge in [0.15, 0.2) is 0 Å². The summed E-state index contributed by atoms with van der Waals surface area (Å²) >= 11 is 2.72. The van der Waals surface area contributed by atoms with Crippen molar-refractivity contribution in [3.8, 4) is 0 Å². The fourth-order valence-corrected chi connectivity index (χ4v) is 0.504. The summed E-state index contributed by atoms with van der Waals surface area (Å²) in [7, 11) is 0. The van der Waals surface area contributed by atoms with E-state index in [4.69, 9.17) is 0 Å². The normalized spacial score (nSPS) is 14.4. The van der Waals surface area contributed by atoms with Crippen LogP contribution in [-0.4, -0.2) is 13.0 Å². The number of ether oxygens (including phenoxy) is 1. The van der Waals surface area contributed by atoms with E-state index in [0.717, 1.165) is 0 Å². The summed E-state index contributed by atoms with van der Waals surface area (Å²) in [5, 5.41) is -1.89. The van der Waals surface area contributed by atoms with Crippen LogP contribution in [0.4, 0.5) is 22.0 Å². The van der Waals surface area contributed by atoms with Crippen LogP contribution >= 0.6 is 12.6 Å². The van der Waals surface area contributed by atoms with Crippen LogP contribution in [0.5, 0.6) is 0 Å². The Kier molecular flexibility index (Phi) is 3.64.